The highest BCUT2D eigenvalue weighted by molar-refractivity contribution is 14.1. The molecular weight excluding hydrogens is 326 g/mol. The van der Waals surface area contributed by atoms with Crippen molar-refractivity contribution in [2.45, 2.75) is 6.42 Å². The predicted molar refractivity (Wildman–Crippen MR) is 70.2 cm³/mol. The number of benzene rings is 1. The fourth-order valence-corrected chi connectivity index (χ4v) is 2.01. The normalized spacial score (nSPS) is 10.1. The molecule has 82 valence electrons. The van der Waals surface area contributed by atoms with Crippen molar-refractivity contribution in [2.75, 3.05) is 13.1 Å². The van der Waals surface area contributed by atoms with E-state index in [4.69, 9.17) is 17.3 Å². The quantitative estimate of drug-likeness (QED) is 0.652. The number of hydrogen-bond donors (Lipinski definition) is 2. The minimum Gasteiger partial charge on any atom is -0.352 e. The van der Waals surface area contributed by atoms with Gasteiger partial charge >= 0.3 is 0 Å². The Kier molecular flexibility index (Phi) is 5.35. The molecule has 0 aliphatic carbocycles. The van der Waals surface area contributed by atoms with Gasteiger partial charge in [0.1, 0.15) is 0 Å². The molecule has 0 unspecified atom stereocenters. The van der Waals surface area contributed by atoms with Crippen LogP contribution in [0.1, 0.15) is 16.8 Å². The summed E-state index contributed by atoms with van der Waals surface area (Å²) in [6.45, 7) is 1.15. The average molecular weight is 339 g/mol. The van der Waals surface area contributed by atoms with E-state index in [1.54, 1.807) is 12.1 Å². The summed E-state index contributed by atoms with van der Waals surface area (Å²) in [6, 6.07) is 5.34. The highest BCUT2D eigenvalue weighted by Crippen LogP contribution is 2.18. The van der Waals surface area contributed by atoms with Crippen LogP contribution >= 0.6 is 34.2 Å². The first-order valence-electron chi connectivity index (χ1n) is 4.58. The van der Waals surface area contributed by atoms with Gasteiger partial charge in [0.05, 0.1) is 10.6 Å². The van der Waals surface area contributed by atoms with Gasteiger partial charge in [0, 0.05) is 10.1 Å². The molecule has 0 aliphatic heterocycles. The highest BCUT2D eigenvalue weighted by atomic mass is 127. The molecule has 1 rings (SSSR count). The van der Waals surface area contributed by atoms with Crippen LogP contribution < -0.4 is 11.1 Å². The van der Waals surface area contributed by atoms with Crippen molar-refractivity contribution >= 4 is 40.1 Å². The number of hydrogen-bond acceptors (Lipinski definition) is 2. The summed E-state index contributed by atoms with van der Waals surface area (Å²) >= 11 is 8.09. The molecule has 0 atom stereocenters. The Hall–Kier alpha value is -0.330. The molecule has 1 amide bonds. The van der Waals surface area contributed by atoms with Gasteiger partial charge in [-0.25, -0.2) is 0 Å². The Morgan fingerprint density at radius 3 is 2.87 bits per heavy atom. The third-order valence-corrected chi connectivity index (χ3v) is 2.83. The lowest BCUT2D eigenvalue weighted by Crippen LogP contribution is -2.26. The molecule has 3 nitrogen and oxygen atoms in total. The number of nitrogens with two attached hydrogens (primary N) is 1. The molecular formula is C10H12ClIN2O. The van der Waals surface area contributed by atoms with Crippen LogP contribution in [0, 0.1) is 3.57 Å². The summed E-state index contributed by atoms with van der Waals surface area (Å²) in [5.41, 5.74) is 5.83. The molecule has 0 heterocycles. The van der Waals surface area contributed by atoms with E-state index >= 15 is 0 Å². The van der Waals surface area contributed by atoms with E-state index < -0.39 is 0 Å². The van der Waals surface area contributed by atoms with Gasteiger partial charge in [0.2, 0.25) is 0 Å². The molecule has 0 spiro atoms. The predicted octanol–water partition coefficient (Wildman–Crippen LogP) is 2.02. The summed E-state index contributed by atoms with van der Waals surface area (Å²) in [5.74, 6) is -0.148. The topological polar surface area (TPSA) is 55.1 Å². The Labute approximate surface area is 108 Å². The Morgan fingerprint density at radius 1 is 1.53 bits per heavy atom. The summed E-state index contributed by atoms with van der Waals surface area (Å²) in [4.78, 5) is 11.6. The van der Waals surface area contributed by atoms with Crippen molar-refractivity contribution in [3.05, 3.63) is 32.4 Å². The van der Waals surface area contributed by atoms with Crippen molar-refractivity contribution < 1.29 is 4.79 Å². The van der Waals surface area contributed by atoms with Crippen LogP contribution in [-0.2, 0) is 0 Å². The molecule has 0 fully saturated rings. The van der Waals surface area contributed by atoms with Gasteiger partial charge in [-0.15, -0.1) is 0 Å². The van der Waals surface area contributed by atoms with Crippen molar-refractivity contribution in [3.63, 3.8) is 0 Å². The minimum absolute atomic E-state index is 0.148. The lowest BCUT2D eigenvalue weighted by molar-refractivity contribution is 0.0953. The number of carbonyl (C=O) groups is 1. The standard InChI is InChI=1S/C10H12ClIN2O/c11-9-6-7(12)2-3-8(9)10(15)14-5-1-4-13/h2-3,6H,1,4-5,13H2,(H,14,15). The van der Waals surface area contributed by atoms with Crippen molar-refractivity contribution in [3.8, 4) is 0 Å². The molecule has 0 radical (unpaired) electrons. The van der Waals surface area contributed by atoms with E-state index in [0.717, 1.165) is 9.99 Å². The lowest BCUT2D eigenvalue weighted by atomic mass is 10.2. The third kappa shape index (κ3) is 3.96. The molecule has 0 saturated carbocycles. The maximum atomic E-state index is 11.6. The van der Waals surface area contributed by atoms with Crippen LogP contribution in [0.5, 0.6) is 0 Å². The molecule has 0 aromatic heterocycles. The zero-order valence-electron chi connectivity index (χ0n) is 8.09. The second-order valence-corrected chi connectivity index (χ2v) is 4.68. The molecule has 3 N–H and O–H groups in total. The summed E-state index contributed by atoms with van der Waals surface area (Å²) in [6.07, 6.45) is 0.772. The molecule has 15 heavy (non-hydrogen) atoms. The minimum atomic E-state index is -0.148. The van der Waals surface area contributed by atoms with E-state index in [1.165, 1.54) is 0 Å². The SMILES string of the molecule is NCCCNC(=O)c1ccc(I)cc1Cl. The average Bonchev–Trinajstić information content (AvgIpc) is 2.17. The molecule has 0 aliphatic rings. The number of carbonyl (C=O) groups excluding carboxylic acids is 1. The fraction of sp³-hybridized carbons (Fsp3) is 0.300. The maximum Gasteiger partial charge on any atom is 0.252 e. The van der Waals surface area contributed by atoms with E-state index in [-0.39, 0.29) is 5.91 Å². The van der Waals surface area contributed by atoms with Crippen LogP contribution in [0.25, 0.3) is 0 Å². The molecule has 1 aromatic carbocycles. The Balaban J connectivity index is 2.65. The summed E-state index contributed by atoms with van der Waals surface area (Å²) in [7, 11) is 0. The van der Waals surface area contributed by atoms with Gasteiger partial charge in [-0.05, 0) is 53.8 Å². The van der Waals surface area contributed by atoms with Crippen molar-refractivity contribution in [1.82, 2.24) is 5.32 Å². The zero-order chi connectivity index (χ0) is 11.3. The number of nitrogens with one attached hydrogen (secondary N) is 1. The Bertz CT molecular complexity index is 357. The van der Waals surface area contributed by atoms with Crippen LogP contribution in [0.15, 0.2) is 18.2 Å². The van der Waals surface area contributed by atoms with E-state index in [9.17, 15) is 4.79 Å². The largest absolute Gasteiger partial charge is 0.352 e. The first-order valence-corrected chi connectivity index (χ1v) is 6.04. The van der Waals surface area contributed by atoms with Gasteiger partial charge in [0.15, 0.2) is 0 Å². The van der Waals surface area contributed by atoms with Gasteiger partial charge in [0.25, 0.3) is 5.91 Å². The van der Waals surface area contributed by atoms with Crippen molar-refractivity contribution in [2.24, 2.45) is 5.73 Å². The monoisotopic (exact) mass is 338 g/mol. The van der Waals surface area contributed by atoms with Crippen LogP contribution in [-0.4, -0.2) is 19.0 Å². The number of halogens is 2. The summed E-state index contributed by atoms with van der Waals surface area (Å²) < 4.78 is 1.01. The first kappa shape index (κ1) is 12.7. The lowest BCUT2D eigenvalue weighted by Gasteiger charge is -2.06. The molecule has 0 bridgehead atoms. The smallest absolute Gasteiger partial charge is 0.252 e. The van der Waals surface area contributed by atoms with Gasteiger partial charge in [-0.3, -0.25) is 4.79 Å². The number of amides is 1. The Morgan fingerprint density at radius 2 is 2.27 bits per heavy atom. The van der Waals surface area contributed by atoms with Gasteiger partial charge in [-0.1, -0.05) is 11.6 Å². The summed E-state index contributed by atoms with van der Waals surface area (Å²) in [5, 5.41) is 3.23. The number of rotatable bonds is 4. The van der Waals surface area contributed by atoms with Crippen LogP contribution in [0.2, 0.25) is 5.02 Å². The van der Waals surface area contributed by atoms with E-state index in [0.29, 0.717) is 23.7 Å². The highest BCUT2D eigenvalue weighted by Gasteiger charge is 2.09. The maximum absolute atomic E-state index is 11.6. The zero-order valence-corrected chi connectivity index (χ0v) is 11.0. The van der Waals surface area contributed by atoms with E-state index in [1.807, 2.05) is 6.07 Å². The third-order valence-electron chi connectivity index (χ3n) is 1.84. The van der Waals surface area contributed by atoms with Crippen molar-refractivity contribution in [1.29, 1.82) is 0 Å². The molecule has 5 heteroatoms. The van der Waals surface area contributed by atoms with Gasteiger partial charge in [-0.2, -0.15) is 0 Å². The van der Waals surface area contributed by atoms with Crippen LogP contribution in [0.3, 0.4) is 0 Å². The second-order valence-electron chi connectivity index (χ2n) is 3.02. The van der Waals surface area contributed by atoms with E-state index in [2.05, 4.69) is 27.9 Å². The fourth-order valence-electron chi connectivity index (χ4n) is 1.07. The van der Waals surface area contributed by atoms with Gasteiger partial charge < -0.3 is 11.1 Å². The second kappa shape index (κ2) is 6.30. The molecule has 1 aromatic rings. The molecule has 0 saturated heterocycles. The van der Waals surface area contributed by atoms with Crippen LogP contribution in [0.4, 0.5) is 0 Å². The first-order chi connectivity index (χ1) is 7.15.